The van der Waals surface area contributed by atoms with E-state index in [-0.39, 0.29) is 5.91 Å². The fourth-order valence-corrected chi connectivity index (χ4v) is 2.80. The SMILES string of the molecule is CCn1nnc2ccc(-c3noc([C@@H](C)NC(=O)c4ccccc4)n3)cc21. The van der Waals surface area contributed by atoms with Gasteiger partial charge < -0.3 is 9.84 Å². The lowest BCUT2D eigenvalue weighted by Gasteiger charge is -2.09. The van der Waals surface area contributed by atoms with Crippen molar-refractivity contribution in [3.63, 3.8) is 0 Å². The molecule has 27 heavy (non-hydrogen) atoms. The zero-order valence-electron chi connectivity index (χ0n) is 15.0. The molecule has 8 nitrogen and oxygen atoms in total. The van der Waals surface area contributed by atoms with Crippen LogP contribution in [0.5, 0.6) is 0 Å². The van der Waals surface area contributed by atoms with Gasteiger partial charge >= 0.3 is 0 Å². The minimum atomic E-state index is -0.412. The molecule has 136 valence electrons. The summed E-state index contributed by atoms with van der Waals surface area (Å²) in [4.78, 5) is 16.7. The molecule has 2 aromatic heterocycles. The van der Waals surface area contributed by atoms with Crippen LogP contribution in [0.4, 0.5) is 0 Å². The molecule has 0 aliphatic heterocycles. The van der Waals surface area contributed by atoms with E-state index in [2.05, 4.69) is 25.8 Å². The second-order valence-electron chi connectivity index (χ2n) is 6.13. The molecule has 1 N–H and O–H groups in total. The third-order valence-corrected chi connectivity index (χ3v) is 4.27. The van der Waals surface area contributed by atoms with Crippen LogP contribution in [-0.4, -0.2) is 31.0 Å². The topological polar surface area (TPSA) is 98.7 Å². The highest BCUT2D eigenvalue weighted by atomic mass is 16.5. The summed E-state index contributed by atoms with van der Waals surface area (Å²) >= 11 is 0. The number of amides is 1. The molecule has 2 heterocycles. The van der Waals surface area contributed by atoms with Gasteiger partial charge in [0.25, 0.3) is 5.91 Å². The maximum atomic E-state index is 12.3. The first-order chi connectivity index (χ1) is 13.2. The molecule has 0 bridgehead atoms. The van der Waals surface area contributed by atoms with E-state index in [1.807, 2.05) is 48.0 Å². The maximum absolute atomic E-state index is 12.3. The van der Waals surface area contributed by atoms with Crippen LogP contribution in [0.2, 0.25) is 0 Å². The number of nitrogens with one attached hydrogen (secondary N) is 1. The highest BCUT2D eigenvalue weighted by Gasteiger charge is 2.18. The summed E-state index contributed by atoms with van der Waals surface area (Å²) in [6, 6.07) is 14.3. The van der Waals surface area contributed by atoms with E-state index in [0.29, 0.717) is 17.3 Å². The Morgan fingerprint density at radius 1 is 1.22 bits per heavy atom. The molecule has 0 aliphatic rings. The van der Waals surface area contributed by atoms with Gasteiger partial charge in [0, 0.05) is 17.7 Å². The predicted octanol–water partition coefficient (Wildman–Crippen LogP) is 2.99. The zero-order chi connectivity index (χ0) is 18.8. The lowest BCUT2D eigenvalue weighted by atomic mass is 10.2. The second kappa shape index (κ2) is 6.99. The van der Waals surface area contributed by atoms with E-state index >= 15 is 0 Å². The van der Waals surface area contributed by atoms with Crippen LogP contribution in [-0.2, 0) is 6.54 Å². The van der Waals surface area contributed by atoms with Crippen molar-refractivity contribution in [3.05, 3.63) is 60.0 Å². The number of aryl methyl sites for hydroxylation is 1. The average Bonchev–Trinajstić information content (AvgIpc) is 3.35. The maximum Gasteiger partial charge on any atom is 0.251 e. The van der Waals surface area contributed by atoms with Gasteiger partial charge in [0.15, 0.2) is 0 Å². The highest BCUT2D eigenvalue weighted by Crippen LogP contribution is 2.23. The summed E-state index contributed by atoms with van der Waals surface area (Å²) in [5.41, 5.74) is 3.10. The zero-order valence-corrected chi connectivity index (χ0v) is 15.0. The Bertz CT molecular complexity index is 1090. The Morgan fingerprint density at radius 2 is 2.04 bits per heavy atom. The van der Waals surface area contributed by atoms with Crippen LogP contribution in [0.3, 0.4) is 0 Å². The fraction of sp³-hybridized carbons (Fsp3) is 0.211. The largest absolute Gasteiger partial charge is 0.341 e. The van der Waals surface area contributed by atoms with Crippen molar-refractivity contribution in [2.45, 2.75) is 26.4 Å². The second-order valence-corrected chi connectivity index (χ2v) is 6.13. The van der Waals surface area contributed by atoms with Crippen molar-refractivity contribution in [1.82, 2.24) is 30.5 Å². The molecule has 1 amide bonds. The number of fused-ring (bicyclic) bond motifs is 1. The van der Waals surface area contributed by atoms with Crippen molar-refractivity contribution in [2.75, 3.05) is 0 Å². The first-order valence-electron chi connectivity index (χ1n) is 8.69. The summed E-state index contributed by atoms with van der Waals surface area (Å²) in [6.07, 6.45) is 0. The molecule has 0 saturated carbocycles. The van der Waals surface area contributed by atoms with E-state index in [9.17, 15) is 4.79 Å². The standard InChI is InChI=1S/C19H18N6O2/c1-3-25-16-11-14(9-10-15(16)22-24-25)17-21-19(27-23-17)12(2)20-18(26)13-7-5-4-6-8-13/h4-12H,3H2,1-2H3,(H,20,26)/t12-/m1/s1. The molecule has 4 rings (SSSR count). The lowest BCUT2D eigenvalue weighted by Crippen LogP contribution is -2.26. The third-order valence-electron chi connectivity index (χ3n) is 4.27. The van der Waals surface area contributed by atoms with Gasteiger partial charge in [-0.2, -0.15) is 4.98 Å². The number of carbonyl (C=O) groups is 1. The summed E-state index contributed by atoms with van der Waals surface area (Å²) in [6.45, 7) is 4.53. The number of benzene rings is 2. The number of hydrogen-bond acceptors (Lipinski definition) is 6. The van der Waals surface area contributed by atoms with Crippen LogP contribution in [0.15, 0.2) is 53.1 Å². The van der Waals surface area contributed by atoms with Gasteiger partial charge in [-0.15, -0.1) is 5.10 Å². The third kappa shape index (κ3) is 3.29. The molecule has 4 aromatic rings. The summed E-state index contributed by atoms with van der Waals surface area (Å²) in [5, 5.41) is 15.1. The number of nitrogens with zero attached hydrogens (tertiary/aromatic N) is 5. The molecule has 0 aliphatic carbocycles. The Balaban J connectivity index is 1.55. The molecular formula is C19H18N6O2. The normalized spacial score (nSPS) is 12.2. The Morgan fingerprint density at radius 3 is 2.81 bits per heavy atom. The van der Waals surface area contributed by atoms with Crippen molar-refractivity contribution in [3.8, 4) is 11.4 Å². The van der Waals surface area contributed by atoms with Gasteiger partial charge in [-0.05, 0) is 44.2 Å². The van der Waals surface area contributed by atoms with Crippen molar-refractivity contribution < 1.29 is 9.32 Å². The Kier molecular flexibility index (Phi) is 4.37. The first kappa shape index (κ1) is 16.9. The van der Waals surface area contributed by atoms with Gasteiger partial charge in [0.2, 0.25) is 11.7 Å². The van der Waals surface area contributed by atoms with Crippen LogP contribution in [0.1, 0.15) is 36.1 Å². The first-order valence-corrected chi connectivity index (χ1v) is 8.69. The average molecular weight is 362 g/mol. The van der Waals surface area contributed by atoms with E-state index in [1.165, 1.54) is 0 Å². The monoisotopic (exact) mass is 362 g/mol. The molecule has 0 unspecified atom stereocenters. The highest BCUT2D eigenvalue weighted by molar-refractivity contribution is 5.94. The molecule has 2 aromatic carbocycles. The van der Waals surface area contributed by atoms with Gasteiger partial charge in [0.1, 0.15) is 11.6 Å². The molecule has 0 radical (unpaired) electrons. The quantitative estimate of drug-likeness (QED) is 0.586. The van der Waals surface area contributed by atoms with Gasteiger partial charge in [-0.25, -0.2) is 4.68 Å². The summed E-state index contributed by atoms with van der Waals surface area (Å²) in [5.74, 6) is 0.607. The van der Waals surface area contributed by atoms with Gasteiger partial charge in [-0.3, -0.25) is 4.79 Å². The molecule has 0 saturated heterocycles. The van der Waals surface area contributed by atoms with Crippen LogP contribution >= 0.6 is 0 Å². The Labute approximate surface area is 155 Å². The summed E-state index contributed by atoms with van der Waals surface area (Å²) < 4.78 is 7.16. The number of carbonyl (C=O) groups excluding carboxylic acids is 1. The fourth-order valence-electron chi connectivity index (χ4n) is 2.80. The van der Waals surface area contributed by atoms with Crippen molar-refractivity contribution in [2.24, 2.45) is 0 Å². The molecule has 0 spiro atoms. The molecule has 1 atom stereocenters. The predicted molar refractivity (Wildman–Crippen MR) is 98.8 cm³/mol. The lowest BCUT2D eigenvalue weighted by molar-refractivity contribution is 0.0932. The minimum absolute atomic E-state index is 0.192. The number of hydrogen-bond donors (Lipinski definition) is 1. The van der Waals surface area contributed by atoms with E-state index in [1.54, 1.807) is 19.1 Å². The summed E-state index contributed by atoms with van der Waals surface area (Å²) in [7, 11) is 0. The van der Waals surface area contributed by atoms with Crippen LogP contribution < -0.4 is 5.32 Å². The minimum Gasteiger partial charge on any atom is -0.341 e. The van der Waals surface area contributed by atoms with E-state index in [4.69, 9.17) is 4.52 Å². The smallest absolute Gasteiger partial charge is 0.251 e. The van der Waals surface area contributed by atoms with E-state index in [0.717, 1.165) is 23.1 Å². The molecule has 0 fully saturated rings. The number of rotatable bonds is 5. The molecule has 8 heteroatoms. The van der Waals surface area contributed by atoms with Crippen molar-refractivity contribution in [1.29, 1.82) is 0 Å². The number of aromatic nitrogens is 5. The van der Waals surface area contributed by atoms with Crippen LogP contribution in [0.25, 0.3) is 22.4 Å². The van der Waals surface area contributed by atoms with E-state index < -0.39 is 6.04 Å². The van der Waals surface area contributed by atoms with Crippen LogP contribution in [0, 0.1) is 0 Å². The Hall–Kier alpha value is -3.55. The van der Waals surface area contributed by atoms with Crippen molar-refractivity contribution >= 4 is 16.9 Å². The van der Waals surface area contributed by atoms with Gasteiger partial charge in [0.05, 0.1) is 5.52 Å². The van der Waals surface area contributed by atoms with Gasteiger partial charge in [-0.1, -0.05) is 28.6 Å². The molecular weight excluding hydrogens is 344 g/mol.